The Labute approximate surface area is 134 Å². The molecular formula is C15H11BrN2O2S. The third kappa shape index (κ3) is 3.46. The number of hydrogen-bond acceptors (Lipinski definition) is 5. The van der Waals surface area contributed by atoms with Crippen LogP contribution in [0.2, 0.25) is 0 Å². The molecule has 0 spiro atoms. The Morgan fingerprint density at radius 1 is 1.14 bits per heavy atom. The van der Waals surface area contributed by atoms with E-state index in [1.165, 1.54) is 0 Å². The summed E-state index contributed by atoms with van der Waals surface area (Å²) in [6.45, 7) is 0. The molecule has 0 fully saturated rings. The summed E-state index contributed by atoms with van der Waals surface area (Å²) < 4.78 is 5.86. The maximum Gasteiger partial charge on any atom is 0.258 e. The minimum absolute atomic E-state index is 0.144. The van der Waals surface area contributed by atoms with Crippen LogP contribution >= 0.6 is 27.7 Å². The van der Waals surface area contributed by atoms with Gasteiger partial charge in [0.15, 0.2) is 5.82 Å². The predicted molar refractivity (Wildman–Crippen MR) is 85.1 cm³/mol. The second-order valence-electron chi connectivity index (χ2n) is 4.28. The van der Waals surface area contributed by atoms with Crippen molar-refractivity contribution in [3.8, 4) is 17.2 Å². The minimum Gasteiger partial charge on any atom is -0.507 e. The molecule has 0 aliphatic heterocycles. The summed E-state index contributed by atoms with van der Waals surface area (Å²) in [7, 11) is 0. The normalized spacial score (nSPS) is 10.7. The fourth-order valence-electron chi connectivity index (χ4n) is 1.74. The zero-order valence-corrected chi connectivity index (χ0v) is 13.3. The van der Waals surface area contributed by atoms with Crippen molar-refractivity contribution < 1.29 is 9.63 Å². The maximum atomic E-state index is 9.68. The minimum atomic E-state index is 0.144. The van der Waals surface area contributed by atoms with Crippen molar-refractivity contribution in [1.82, 2.24) is 10.1 Å². The lowest BCUT2D eigenvalue weighted by atomic mass is 10.2. The molecule has 1 N–H and O–H groups in total. The number of halogens is 1. The molecule has 0 atom stereocenters. The summed E-state index contributed by atoms with van der Waals surface area (Å²) in [6.07, 6.45) is 0. The van der Waals surface area contributed by atoms with E-state index in [0.29, 0.717) is 27.5 Å². The van der Waals surface area contributed by atoms with Gasteiger partial charge in [-0.3, -0.25) is 0 Å². The summed E-state index contributed by atoms with van der Waals surface area (Å²) in [6, 6.07) is 15.2. The molecule has 0 saturated carbocycles. The van der Waals surface area contributed by atoms with Gasteiger partial charge in [-0.1, -0.05) is 23.4 Å². The molecule has 0 amide bonds. The van der Waals surface area contributed by atoms with Crippen LogP contribution in [-0.4, -0.2) is 15.2 Å². The van der Waals surface area contributed by atoms with E-state index in [1.807, 2.05) is 36.4 Å². The molecule has 1 heterocycles. The molecule has 2 aromatic carbocycles. The molecule has 0 unspecified atom stereocenters. The van der Waals surface area contributed by atoms with Gasteiger partial charge in [-0.2, -0.15) is 4.98 Å². The van der Waals surface area contributed by atoms with Crippen LogP contribution in [0.4, 0.5) is 0 Å². The average molecular weight is 363 g/mol. The lowest BCUT2D eigenvalue weighted by Gasteiger charge is -1.98. The lowest BCUT2D eigenvalue weighted by molar-refractivity contribution is 0.424. The molecule has 21 heavy (non-hydrogen) atoms. The van der Waals surface area contributed by atoms with Gasteiger partial charge in [-0.25, -0.2) is 0 Å². The van der Waals surface area contributed by atoms with E-state index in [9.17, 15) is 5.11 Å². The molecule has 0 radical (unpaired) electrons. The van der Waals surface area contributed by atoms with Gasteiger partial charge < -0.3 is 9.63 Å². The van der Waals surface area contributed by atoms with E-state index in [2.05, 4.69) is 26.1 Å². The van der Waals surface area contributed by atoms with Crippen molar-refractivity contribution >= 4 is 27.7 Å². The van der Waals surface area contributed by atoms with Crippen LogP contribution < -0.4 is 0 Å². The number of thioether (sulfide) groups is 1. The van der Waals surface area contributed by atoms with Crippen LogP contribution in [0, 0.1) is 0 Å². The van der Waals surface area contributed by atoms with Crippen molar-refractivity contribution in [1.29, 1.82) is 0 Å². The zero-order chi connectivity index (χ0) is 14.7. The summed E-state index contributed by atoms with van der Waals surface area (Å²) in [4.78, 5) is 5.50. The van der Waals surface area contributed by atoms with Crippen molar-refractivity contribution in [3.63, 3.8) is 0 Å². The molecule has 6 heteroatoms. The van der Waals surface area contributed by atoms with Gasteiger partial charge in [-0.15, -0.1) is 11.8 Å². The zero-order valence-electron chi connectivity index (χ0n) is 10.9. The number of hydrogen-bond donors (Lipinski definition) is 1. The second-order valence-corrected chi connectivity index (χ2v) is 6.19. The second kappa shape index (κ2) is 6.32. The van der Waals surface area contributed by atoms with Crippen molar-refractivity contribution in [3.05, 3.63) is 58.8 Å². The summed E-state index contributed by atoms with van der Waals surface area (Å²) >= 11 is 4.88. The first-order chi connectivity index (χ1) is 10.2. The number of aromatic nitrogens is 2. The van der Waals surface area contributed by atoms with E-state index in [0.717, 1.165) is 4.90 Å². The fourth-order valence-corrected chi connectivity index (χ4v) is 2.75. The molecule has 106 valence electrons. The quantitative estimate of drug-likeness (QED) is 0.692. The number of nitrogens with zero attached hydrogens (tertiary/aromatic N) is 2. The highest BCUT2D eigenvalue weighted by atomic mass is 79.9. The molecule has 1 aromatic heterocycles. The first kappa shape index (κ1) is 14.2. The van der Waals surface area contributed by atoms with Crippen molar-refractivity contribution in [2.45, 2.75) is 10.6 Å². The molecule has 0 aliphatic rings. The molecule has 0 saturated heterocycles. The fraction of sp³-hybridized carbons (Fsp3) is 0.0667. The van der Waals surface area contributed by atoms with Crippen LogP contribution in [0.3, 0.4) is 0 Å². The van der Waals surface area contributed by atoms with Crippen molar-refractivity contribution in [2.24, 2.45) is 0 Å². The molecular weight excluding hydrogens is 352 g/mol. The molecule has 0 aliphatic carbocycles. The third-order valence-electron chi connectivity index (χ3n) is 2.77. The first-order valence-electron chi connectivity index (χ1n) is 6.22. The van der Waals surface area contributed by atoms with Gasteiger partial charge in [-0.05, 0) is 46.3 Å². The van der Waals surface area contributed by atoms with Crippen LogP contribution in [0.1, 0.15) is 5.82 Å². The number of phenolic OH excluding ortho intramolecular Hbond substituents is 1. The van der Waals surface area contributed by atoms with Gasteiger partial charge in [0.1, 0.15) is 5.75 Å². The molecule has 0 bridgehead atoms. The van der Waals surface area contributed by atoms with E-state index in [-0.39, 0.29) is 5.75 Å². The van der Waals surface area contributed by atoms with Gasteiger partial charge in [0.05, 0.1) is 10.2 Å². The standard InChI is InChI=1S/C15H11BrN2O2S/c16-12-7-6-10(8-13(12)19)15-17-14(18-20-15)9-21-11-4-2-1-3-5-11/h1-8,19H,9H2. The molecule has 3 aromatic rings. The lowest BCUT2D eigenvalue weighted by Crippen LogP contribution is -1.84. The highest BCUT2D eigenvalue weighted by Crippen LogP contribution is 2.29. The Balaban J connectivity index is 1.72. The van der Waals surface area contributed by atoms with Gasteiger partial charge in [0, 0.05) is 10.5 Å². The van der Waals surface area contributed by atoms with E-state index < -0.39 is 0 Å². The SMILES string of the molecule is Oc1cc(-c2nc(CSc3ccccc3)no2)ccc1Br. The first-order valence-corrected chi connectivity index (χ1v) is 7.99. The van der Waals surface area contributed by atoms with Crippen LogP contribution in [-0.2, 0) is 5.75 Å². The third-order valence-corrected chi connectivity index (χ3v) is 4.45. The van der Waals surface area contributed by atoms with E-state index in [1.54, 1.807) is 23.9 Å². The van der Waals surface area contributed by atoms with Gasteiger partial charge in [0.25, 0.3) is 5.89 Å². The maximum absolute atomic E-state index is 9.68. The number of benzene rings is 2. The van der Waals surface area contributed by atoms with E-state index in [4.69, 9.17) is 4.52 Å². The Morgan fingerprint density at radius 2 is 1.95 bits per heavy atom. The predicted octanol–water partition coefficient (Wildman–Crippen LogP) is 4.50. The highest BCUT2D eigenvalue weighted by Gasteiger charge is 2.10. The monoisotopic (exact) mass is 362 g/mol. The van der Waals surface area contributed by atoms with Gasteiger partial charge in [0.2, 0.25) is 0 Å². The van der Waals surface area contributed by atoms with E-state index >= 15 is 0 Å². The number of rotatable bonds is 4. The average Bonchev–Trinajstić information content (AvgIpc) is 2.98. The Bertz CT molecular complexity index is 746. The number of aromatic hydroxyl groups is 1. The topological polar surface area (TPSA) is 59.2 Å². The summed E-state index contributed by atoms with van der Waals surface area (Å²) in [5.41, 5.74) is 0.694. The Hall–Kier alpha value is -1.79. The summed E-state index contributed by atoms with van der Waals surface area (Å²) in [5, 5.41) is 13.6. The molecule has 4 nitrogen and oxygen atoms in total. The van der Waals surface area contributed by atoms with Gasteiger partial charge >= 0.3 is 0 Å². The molecule has 3 rings (SSSR count). The number of phenols is 1. The Kier molecular flexibility index (Phi) is 4.26. The van der Waals surface area contributed by atoms with Crippen molar-refractivity contribution in [2.75, 3.05) is 0 Å². The van der Waals surface area contributed by atoms with Crippen LogP contribution in [0.15, 0.2) is 62.4 Å². The largest absolute Gasteiger partial charge is 0.507 e. The van der Waals surface area contributed by atoms with Crippen LogP contribution in [0.25, 0.3) is 11.5 Å². The highest BCUT2D eigenvalue weighted by molar-refractivity contribution is 9.10. The smallest absolute Gasteiger partial charge is 0.258 e. The van der Waals surface area contributed by atoms with Crippen LogP contribution in [0.5, 0.6) is 5.75 Å². The summed E-state index contributed by atoms with van der Waals surface area (Å²) in [5.74, 6) is 1.81. The Morgan fingerprint density at radius 3 is 2.71 bits per heavy atom.